The average Bonchev–Trinajstić information content (AvgIpc) is 2.83. The molecule has 0 bridgehead atoms. The Labute approximate surface area is 140 Å². The van der Waals surface area contributed by atoms with Crippen molar-refractivity contribution in [1.82, 2.24) is 14.6 Å². The quantitative estimate of drug-likeness (QED) is 0.698. The zero-order chi connectivity index (χ0) is 15.6. The zero-order valence-corrected chi connectivity index (χ0v) is 13.7. The minimum absolute atomic E-state index is 0.740. The van der Waals surface area contributed by atoms with Gasteiger partial charge in [-0.05, 0) is 31.0 Å². The fraction of sp³-hybridized carbons (Fsp3) is 0.333. The van der Waals surface area contributed by atoms with Crippen molar-refractivity contribution >= 4 is 22.9 Å². The normalized spacial score (nSPS) is 15.8. The lowest BCUT2D eigenvalue weighted by atomic mass is 10.1. The summed E-state index contributed by atoms with van der Waals surface area (Å²) in [6.07, 6.45) is 8.85. The van der Waals surface area contributed by atoms with Gasteiger partial charge in [-0.1, -0.05) is 36.6 Å². The molecule has 2 aromatic heterocycles. The highest BCUT2D eigenvalue weighted by Crippen LogP contribution is 2.27. The highest BCUT2D eigenvalue weighted by atomic mass is 35.5. The first kappa shape index (κ1) is 14.5. The van der Waals surface area contributed by atoms with E-state index in [9.17, 15) is 0 Å². The molecule has 1 aromatic carbocycles. The second-order valence-electron chi connectivity index (χ2n) is 6.02. The molecule has 0 atom stereocenters. The Morgan fingerprint density at radius 3 is 2.43 bits per heavy atom. The number of halogens is 1. The van der Waals surface area contributed by atoms with Crippen LogP contribution < -0.4 is 4.90 Å². The highest BCUT2D eigenvalue weighted by molar-refractivity contribution is 6.30. The van der Waals surface area contributed by atoms with Crippen LogP contribution in [0.5, 0.6) is 0 Å². The fourth-order valence-electron chi connectivity index (χ4n) is 3.20. The molecule has 1 fully saturated rings. The SMILES string of the molecule is Clc1ccc(-c2cc3c(N4CCCCCC4)nccn3n2)cc1. The standard InChI is InChI=1S/C18H19ClN4/c19-15-7-5-14(6-8-15)16-13-17-18(20-9-12-23(17)21-16)22-10-3-1-2-4-11-22/h5-9,12-13H,1-4,10-11H2. The number of benzene rings is 1. The summed E-state index contributed by atoms with van der Waals surface area (Å²) in [4.78, 5) is 7.04. The third-order valence-corrected chi connectivity index (χ3v) is 4.67. The van der Waals surface area contributed by atoms with Gasteiger partial charge in [-0.2, -0.15) is 5.10 Å². The Morgan fingerprint density at radius 2 is 1.70 bits per heavy atom. The Morgan fingerprint density at radius 1 is 0.957 bits per heavy atom. The van der Waals surface area contributed by atoms with Gasteiger partial charge in [-0.15, -0.1) is 0 Å². The third kappa shape index (κ3) is 2.91. The molecule has 5 heteroatoms. The highest BCUT2D eigenvalue weighted by Gasteiger charge is 2.16. The van der Waals surface area contributed by atoms with E-state index in [4.69, 9.17) is 16.7 Å². The molecule has 118 valence electrons. The lowest BCUT2D eigenvalue weighted by Crippen LogP contribution is -2.25. The molecule has 1 saturated heterocycles. The first-order valence-electron chi connectivity index (χ1n) is 8.16. The van der Waals surface area contributed by atoms with E-state index in [2.05, 4.69) is 16.0 Å². The van der Waals surface area contributed by atoms with Crippen LogP contribution in [0.3, 0.4) is 0 Å². The van der Waals surface area contributed by atoms with Crippen LogP contribution in [0.1, 0.15) is 25.7 Å². The van der Waals surface area contributed by atoms with Crippen LogP contribution in [0.25, 0.3) is 16.8 Å². The van der Waals surface area contributed by atoms with Crippen molar-refractivity contribution in [2.75, 3.05) is 18.0 Å². The second-order valence-corrected chi connectivity index (χ2v) is 6.45. The molecular weight excluding hydrogens is 308 g/mol. The van der Waals surface area contributed by atoms with E-state index in [0.717, 1.165) is 40.7 Å². The molecular formula is C18H19ClN4. The van der Waals surface area contributed by atoms with Gasteiger partial charge in [0, 0.05) is 36.1 Å². The van der Waals surface area contributed by atoms with Gasteiger partial charge in [0.1, 0.15) is 5.52 Å². The molecule has 3 heterocycles. The van der Waals surface area contributed by atoms with Crippen molar-refractivity contribution in [2.45, 2.75) is 25.7 Å². The molecule has 3 aromatic rings. The maximum atomic E-state index is 5.98. The van der Waals surface area contributed by atoms with Crippen LogP contribution in [0.15, 0.2) is 42.7 Å². The number of fused-ring (bicyclic) bond motifs is 1. The number of nitrogens with zero attached hydrogens (tertiary/aromatic N) is 4. The van der Waals surface area contributed by atoms with E-state index >= 15 is 0 Å². The van der Waals surface area contributed by atoms with Crippen molar-refractivity contribution < 1.29 is 0 Å². The second kappa shape index (κ2) is 6.20. The van der Waals surface area contributed by atoms with Crippen molar-refractivity contribution in [1.29, 1.82) is 0 Å². The molecule has 23 heavy (non-hydrogen) atoms. The molecule has 0 aliphatic carbocycles. The van der Waals surface area contributed by atoms with Crippen LogP contribution in [0.4, 0.5) is 5.82 Å². The van der Waals surface area contributed by atoms with E-state index in [-0.39, 0.29) is 0 Å². The lowest BCUT2D eigenvalue weighted by molar-refractivity contribution is 0.726. The van der Waals surface area contributed by atoms with E-state index < -0.39 is 0 Å². The van der Waals surface area contributed by atoms with E-state index in [0.29, 0.717) is 0 Å². The molecule has 0 amide bonds. The molecule has 4 rings (SSSR count). The fourth-order valence-corrected chi connectivity index (χ4v) is 3.32. The van der Waals surface area contributed by atoms with Crippen LogP contribution in [0.2, 0.25) is 5.02 Å². The molecule has 0 radical (unpaired) electrons. The van der Waals surface area contributed by atoms with Crippen LogP contribution >= 0.6 is 11.6 Å². The van der Waals surface area contributed by atoms with Crippen molar-refractivity contribution in [3.8, 4) is 11.3 Å². The van der Waals surface area contributed by atoms with Gasteiger partial charge < -0.3 is 4.90 Å². The minimum atomic E-state index is 0.740. The van der Waals surface area contributed by atoms with Gasteiger partial charge in [0.2, 0.25) is 0 Å². The molecule has 1 aliphatic heterocycles. The summed E-state index contributed by atoms with van der Waals surface area (Å²) in [7, 11) is 0. The summed E-state index contributed by atoms with van der Waals surface area (Å²) in [5.74, 6) is 1.04. The molecule has 0 N–H and O–H groups in total. The van der Waals surface area contributed by atoms with Crippen molar-refractivity contribution in [3.63, 3.8) is 0 Å². The number of anilines is 1. The Hall–Kier alpha value is -2.07. The number of hydrogen-bond donors (Lipinski definition) is 0. The summed E-state index contributed by atoms with van der Waals surface area (Å²) in [5, 5.41) is 5.44. The summed E-state index contributed by atoms with van der Waals surface area (Å²) in [6, 6.07) is 9.92. The van der Waals surface area contributed by atoms with E-state index in [1.165, 1.54) is 25.7 Å². The van der Waals surface area contributed by atoms with Gasteiger partial charge >= 0.3 is 0 Å². The predicted octanol–water partition coefficient (Wildman–Crippen LogP) is 4.43. The Balaban J connectivity index is 1.76. The summed E-state index contributed by atoms with van der Waals surface area (Å²) in [6.45, 7) is 2.16. The summed E-state index contributed by atoms with van der Waals surface area (Å²) >= 11 is 5.98. The van der Waals surface area contributed by atoms with Crippen LogP contribution in [-0.4, -0.2) is 27.7 Å². The summed E-state index contributed by atoms with van der Waals surface area (Å²) in [5.41, 5.74) is 3.09. The van der Waals surface area contributed by atoms with Gasteiger partial charge in [-0.3, -0.25) is 0 Å². The van der Waals surface area contributed by atoms with Crippen molar-refractivity contribution in [3.05, 3.63) is 47.7 Å². The molecule has 1 aliphatic rings. The molecule has 0 saturated carbocycles. The smallest absolute Gasteiger partial charge is 0.154 e. The Kier molecular flexibility index (Phi) is 3.92. The van der Waals surface area contributed by atoms with E-state index in [1.807, 2.05) is 41.2 Å². The predicted molar refractivity (Wildman–Crippen MR) is 94.1 cm³/mol. The van der Waals surface area contributed by atoms with Crippen molar-refractivity contribution in [2.24, 2.45) is 0 Å². The minimum Gasteiger partial charge on any atom is -0.355 e. The van der Waals surface area contributed by atoms with Gasteiger partial charge in [-0.25, -0.2) is 9.50 Å². The first-order chi connectivity index (χ1) is 11.3. The van der Waals surface area contributed by atoms with E-state index in [1.54, 1.807) is 0 Å². The van der Waals surface area contributed by atoms with Gasteiger partial charge in [0.25, 0.3) is 0 Å². The maximum absolute atomic E-state index is 5.98. The number of hydrogen-bond acceptors (Lipinski definition) is 3. The van der Waals surface area contributed by atoms with Gasteiger partial charge in [0.05, 0.1) is 5.69 Å². The monoisotopic (exact) mass is 326 g/mol. The molecule has 4 nitrogen and oxygen atoms in total. The summed E-state index contributed by atoms with van der Waals surface area (Å²) < 4.78 is 1.93. The average molecular weight is 327 g/mol. The number of rotatable bonds is 2. The zero-order valence-electron chi connectivity index (χ0n) is 13.0. The van der Waals surface area contributed by atoms with Gasteiger partial charge in [0.15, 0.2) is 5.82 Å². The maximum Gasteiger partial charge on any atom is 0.154 e. The molecule has 0 spiro atoms. The van der Waals surface area contributed by atoms with Crippen LogP contribution in [0, 0.1) is 0 Å². The Bertz CT molecular complexity index is 802. The first-order valence-corrected chi connectivity index (χ1v) is 8.54. The largest absolute Gasteiger partial charge is 0.355 e. The third-order valence-electron chi connectivity index (χ3n) is 4.42. The molecule has 0 unspecified atom stereocenters. The number of aromatic nitrogens is 3. The lowest BCUT2D eigenvalue weighted by Gasteiger charge is -2.21. The topological polar surface area (TPSA) is 33.4 Å². The van der Waals surface area contributed by atoms with Crippen LogP contribution in [-0.2, 0) is 0 Å².